The molecule has 0 atom stereocenters. The number of halogens is 1. The van der Waals surface area contributed by atoms with E-state index in [4.69, 9.17) is 9.47 Å². The van der Waals surface area contributed by atoms with Gasteiger partial charge in [-0.1, -0.05) is 15.9 Å². The van der Waals surface area contributed by atoms with Crippen LogP contribution in [-0.4, -0.2) is 34.5 Å². The summed E-state index contributed by atoms with van der Waals surface area (Å²) in [5, 5.41) is 28.5. The molecular formula is C23H18BrN5O8. The Morgan fingerprint density at radius 2 is 1.65 bits per heavy atom. The lowest BCUT2D eigenvalue weighted by Crippen LogP contribution is -2.32. The Bertz CT molecular complexity index is 1380. The van der Waals surface area contributed by atoms with Crippen LogP contribution in [0.25, 0.3) is 0 Å². The molecule has 0 saturated carbocycles. The number of nitro groups is 2. The van der Waals surface area contributed by atoms with Gasteiger partial charge >= 0.3 is 17.5 Å². The molecule has 2 amide bonds. The normalized spacial score (nSPS) is 10.5. The van der Waals surface area contributed by atoms with Crippen molar-refractivity contribution in [2.24, 2.45) is 5.10 Å². The van der Waals surface area contributed by atoms with Crippen LogP contribution >= 0.6 is 15.9 Å². The summed E-state index contributed by atoms with van der Waals surface area (Å²) in [5.41, 5.74) is 1.94. The van der Waals surface area contributed by atoms with E-state index in [-0.39, 0.29) is 23.9 Å². The molecule has 0 saturated heterocycles. The molecule has 0 spiro atoms. The third-order valence-corrected chi connectivity index (χ3v) is 5.05. The zero-order valence-corrected chi connectivity index (χ0v) is 20.6. The summed E-state index contributed by atoms with van der Waals surface area (Å²) in [6.45, 7) is 1.94. The Morgan fingerprint density at radius 1 is 0.946 bits per heavy atom. The van der Waals surface area contributed by atoms with Crippen LogP contribution in [0.3, 0.4) is 0 Å². The van der Waals surface area contributed by atoms with Crippen molar-refractivity contribution in [1.82, 2.24) is 5.43 Å². The van der Waals surface area contributed by atoms with Crippen LogP contribution in [0.1, 0.15) is 12.5 Å². The van der Waals surface area contributed by atoms with Gasteiger partial charge in [0.25, 0.3) is 5.69 Å². The van der Waals surface area contributed by atoms with Gasteiger partial charge in [0.1, 0.15) is 0 Å². The maximum absolute atomic E-state index is 12.0. The molecule has 190 valence electrons. The molecule has 2 N–H and O–H groups in total. The zero-order valence-electron chi connectivity index (χ0n) is 19.0. The van der Waals surface area contributed by atoms with E-state index in [9.17, 15) is 29.8 Å². The molecule has 0 aliphatic rings. The molecule has 0 bridgehead atoms. The van der Waals surface area contributed by atoms with E-state index in [0.717, 1.165) is 22.7 Å². The van der Waals surface area contributed by atoms with E-state index in [0.29, 0.717) is 11.3 Å². The topological polar surface area (TPSA) is 175 Å². The fraction of sp³-hybridized carbons (Fsp3) is 0.0870. The summed E-state index contributed by atoms with van der Waals surface area (Å²) in [6.07, 6.45) is 1.26. The van der Waals surface area contributed by atoms with Crippen molar-refractivity contribution in [2.75, 3.05) is 11.9 Å². The average molecular weight is 572 g/mol. The minimum Gasteiger partial charge on any atom is -0.490 e. The average Bonchev–Trinajstić information content (AvgIpc) is 2.86. The van der Waals surface area contributed by atoms with Gasteiger partial charge in [-0.2, -0.15) is 5.10 Å². The first-order valence-corrected chi connectivity index (χ1v) is 11.2. The van der Waals surface area contributed by atoms with Gasteiger partial charge in [-0.3, -0.25) is 29.8 Å². The van der Waals surface area contributed by atoms with Crippen molar-refractivity contribution in [2.45, 2.75) is 6.92 Å². The van der Waals surface area contributed by atoms with E-state index in [1.807, 2.05) is 0 Å². The van der Waals surface area contributed by atoms with Crippen LogP contribution in [0.5, 0.6) is 17.2 Å². The molecule has 3 aromatic rings. The van der Waals surface area contributed by atoms with Crippen molar-refractivity contribution in [3.8, 4) is 17.2 Å². The molecule has 3 rings (SSSR count). The lowest BCUT2D eigenvalue weighted by molar-refractivity contribution is -0.394. The number of hydrogen-bond acceptors (Lipinski definition) is 9. The molecule has 0 aliphatic heterocycles. The summed E-state index contributed by atoms with van der Waals surface area (Å²) < 4.78 is 12.0. The van der Waals surface area contributed by atoms with Gasteiger partial charge in [0.2, 0.25) is 5.75 Å². The third-order valence-electron chi connectivity index (χ3n) is 4.53. The van der Waals surface area contributed by atoms with Crippen LogP contribution in [-0.2, 0) is 9.59 Å². The fourth-order valence-corrected chi connectivity index (χ4v) is 3.13. The Balaban J connectivity index is 1.72. The Morgan fingerprint density at radius 3 is 2.30 bits per heavy atom. The number of rotatable bonds is 9. The first kappa shape index (κ1) is 26.7. The number of non-ortho nitro benzene ring substituents is 1. The first-order valence-electron chi connectivity index (χ1n) is 10.5. The molecule has 13 nitrogen and oxygen atoms in total. The molecule has 0 radical (unpaired) electrons. The number of nitrogens with zero attached hydrogens (tertiary/aromatic N) is 3. The molecule has 14 heteroatoms. The van der Waals surface area contributed by atoms with Gasteiger partial charge < -0.3 is 14.8 Å². The SMILES string of the molecule is CCOc1cc(/C=N/NC(=O)C(=O)Nc2ccc(Br)cc2)ccc1Oc1ccc([N+](=O)[O-])cc1[N+](=O)[O-]. The zero-order chi connectivity index (χ0) is 26.9. The predicted octanol–water partition coefficient (Wildman–Crippen LogP) is 4.55. The van der Waals surface area contributed by atoms with E-state index in [2.05, 4.69) is 31.8 Å². The number of amides is 2. The lowest BCUT2D eigenvalue weighted by atomic mass is 10.2. The van der Waals surface area contributed by atoms with E-state index >= 15 is 0 Å². The molecule has 0 aromatic heterocycles. The molecule has 37 heavy (non-hydrogen) atoms. The monoisotopic (exact) mass is 571 g/mol. The number of hydrogen-bond donors (Lipinski definition) is 2. The minimum atomic E-state index is -0.991. The van der Waals surface area contributed by atoms with Gasteiger partial charge in [-0.05, 0) is 61.0 Å². The Hall–Kier alpha value is -4.85. The molecule has 0 heterocycles. The molecule has 0 unspecified atom stereocenters. The molecule has 3 aromatic carbocycles. The minimum absolute atomic E-state index is 0.105. The van der Waals surface area contributed by atoms with Crippen LogP contribution in [0.2, 0.25) is 0 Å². The summed E-state index contributed by atoms with van der Waals surface area (Å²) in [7, 11) is 0. The summed E-state index contributed by atoms with van der Waals surface area (Å²) in [5.74, 6) is -1.83. The van der Waals surface area contributed by atoms with Crippen molar-refractivity contribution in [3.05, 3.63) is 90.9 Å². The Labute approximate surface area is 217 Å². The third kappa shape index (κ3) is 7.32. The number of hydrazone groups is 1. The molecule has 0 fully saturated rings. The smallest absolute Gasteiger partial charge is 0.329 e. The predicted molar refractivity (Wildman–Crippen MR) is 136 cm³/mol. The quantitative estimate of drug-likeness (QED) is 0.163. The van der Waals surface area contributed by atoms with Crippen molar-refractivity contribution in [1.29, 1.82) is 0 Å². The van der Waals surface area contributed by atoms with Gasteiger partial charge in [-0.15, -0.1) is 0 Å². The van der Waals surface area contributed by atoms with Crippen LogP contribution in [0.15, 0.2) is 70.2 Å². The summed E-state index contributed by atoms with van der Waals surface area (Å²) in [4.78, 5) is 44.8. The van der Waals surface area contributed by atoms with E-state index in [1.165, 1.54) is 24.4 Å². The highest BCUT2D eigenvalue weighted by molar-refractivity contribution is 9.10. The molecular weight excluding hydrogens is 554 g/mol. The summed E-state index contributed by atoms with van der Waals surface area (Å²) >= 11 is 3.27. The fourth-order valence-electron chi connectivity index (χ4n) is 2.86. The van der Waals surface area contributed by atoms with Gasteiger partial charge in [-0.25, -0.2) is 5.43 Å². The van der Waals surface area contributed by atoms with Gasteiger partial charge in [0.15, 0.2) is 11.5 Å². The van der Waals surface area contributed by atoms with E-state index < -0.39 is 33.0 Å². The highest BCUT2D eigenvalue weighted by Crippen LogP contribution is 2.38. The van der Waals surface area contributed by atoms with Crippen molar-refractivity contribution in [3.63, 3.8) is 0 Å². The van der Waals surface area contributed by atoms with E-state index in [1.54, 1.807) is 31.2 Å². The second-order valence-corrected chi connectivity index (χ2v) is 7.98. The van der Waals surface area contributed by atoms with Gasteiger partial charge in [0, 0.05) is 16.2 Å². The lowest BCUT2D eigenvalue weighted by Gasteiger charge is -2.12. The number of anilines is 1. The summed E-state index contributed by atoms with van der Waals surface area (Å²) in [6, 6.07) is 14.1. The Kier molecular flexibility index (Phi) is 8.83. The second kappa shape index (κ2) is 12.2. The number of benzene rings is 3. The molecule has 0 aliphatic carbocycles. The highest BCUT2D eigenvalue weighted by Gasteiger charge is 2.22. The number of carbonyl (C=O) groups is 2. The highest BCUT2D eigenvalue weighted by atomic mass is 79.9. The van der Waals surface area contributed by atoms with Gasteiger partial charge in [0.05, 0.1) is 28.7 Å². The standard InChI is InChI=1S/C23H18BrN5O8/c1-2-36-21-11-14(13-25-27-23(31)22(30)26-16-6-4-15(24)5-7-16)3-9-20(21)37-19-10-8-17(28(32)33)12-18(19)29(34)35/h3-13H,2H2,1H3,(H,26,30)(H,27,31)/b25-13+. The maximum atomic E-state index is 12.0. The van der Waals surface area contributed by atoms with Crippen LogP contribution in [0.4, 0.5) is 17.1 Å². The number of nitro benzene ring substituents is 2. The van der Waals surface area contributed by atoms with Crippen LogP contribution in [0, 0.1) is 20.2 Å². The second-order valence-electron chi connectivity index (χ2n) is 7.07. The van der Waals surface area contributed by atoms with Crippen molar-refractivity contribution < 1.29 is 28.9 Å². The number of nitrogens with one attached hydrogen (secondary N) is 2. The van der Waals surface area contributed by atoms with Crippen molar-refractivity contribution >= 4 is 51.0 Å². The largest absolute Gasteiger partial charge is 0.490 e. The number of ether oxygens (including phenoxy) is 2. The first-order chi connectivity index (χ1) is 17.7. The van der Waals surface area contributed by atoms with Crippen LogP contribution < -0.4 is 20.2 Å². The maximum Gasteiger partial charge on any atom is 0.329 e. The number of carbonyl (C=O) groups excluding carboxylic acids is 2.